The third kappa shape index (κ3) is 9.32. The lowest BCUT2D eigenvalue weighted by molar-refractivity contribution is -0.162. The van der Waals surface area contributed by atoms with Crippen molar-refractivity contribution in [3.8, 4) is 5.75 Å². The molecule has 0 saturated carbocycles. The van der Waals surface area contributed by atoms with Crippen molar-refractivity contribution < 1.29 is 19.0 Å². The number of thioether (sulfide) groups is 1. The Hall–Kier alpha value is -2.84. The van der Waals surface area contributed by atoms with E-state index < -0.39 is 12.2 Å². The number of esters is 1. The maximum atomic E-state index is 13.0. The van der Waals surface area contributed by atoms with Gasteiger partial charge in [-0.1, -0.05) is 60.7 Å². The zero-order chi connectivity index (χ0) is 25.6. The Kier molecular flexibility index (Phi) is 11.8. The molecule has 2 unspecified atom stereocenters. The maximum Gasteiger partial charge on any atom is 0.335 e. The van der Waals surface area contributed by atoms with Gasteiger partial charge in [-0.3, -0.25) is 0 Å². The lowest BCUT2D eigenvalue weighted by Crippen LogP contribution is -2.47. The van der Waals surface area contributed by atoms with Gasteiger partial charge in [-0.25, -0.2) is 4.79 Å². The molecule has 0 saturated heterocycles. The monoisotopic (exact) mass is 508 g/mol. The molecule has 6 nitrogen and oxygen atoms in total. The Balaban J connectivity index is 1.59. The van der Waals surface area contributed by atoms with Gasteiger partial charge in [-0.15, -0.1) is 11.8 Å². The minimum atomic E-state index is -0.647. The molecular formula is C29H36N2O4S. The van der Waals surface area contributed by atoms with Crippen LogP contribution in [-0.4, -0.2) is 50.7 Å². The second kappa shape index (κ2) is 15.3. The Morgan fingerprint density at radius 1 is 0.944 bits per heavy atom. The zero-order valence-electron chi connectivity index (χ0n) is 21.0. The molecule has 7 heteroatoms. The Bertz CT molecular complexity index is 1040. The predicted octanol–water partition coefficient (Wildman–Crippen LogP) is 4.46. The summed E-state index contributed by atoms with van der Waals surface area (Å²) in [5, 5.41) is 3.39. The van der Waals surface area contributed by atoms with Gasteiger partial charge in [0.25, 0.3) is 0 Å². The number of ether oxygens (including phenoxy) is 3. The van der Waals surface area contributed by atoms with E-state index in [0.717, 1.165) is 27.5 Å². The summed E-state index contributed by atoms with van der Waals surface area (Å²) in [7, 11) is 3.19. The summed E-state index contributed by atoms with van der Waals surface area (Å²) in [4.78, 5) is 14.2. The fraction of sp³-hybridized carbons (Fsp3) is 0.345. The Morgan fingerprint density at radius 2 is 1.64 bits per heavy atom. The minimum Gasteiger partial charge on any atom is -0.497 e. The minimum absolute atomic E-state index is 0.370. The Labute approximate surface area is 218 Å². The molecule has 0 aliphatic heterocycles. The van der Waals surface area contributed by atoms with Crippen molar-refractivity contribution in [2.24, 2.45) is 5.73 Å². The highest BCUT2D eigenvalue weighted by atomic mass is 32.2. The summed E-state index contributed by atoms with van der Waals surface area (Å²) in [6.07, 6.45) is -0.0118. The van der Waals surface area contributed by atoms with Gasteiger partial charge in [0.05, 0.1) is 7.11 Å². The number of benzene rings is 3. The summed E-state index contributed by atoms with van der Waals surface area (Å²) in [5.41, 5.74) is 8.73. The quantitative estimate of drug-likeness (QED) is 0.232. The number of methoxy groups -OCH3 is 2. The summed E-state index contributed by atoms with van der Waals surface area (Å²) < 4.78 is 16.7. The molecule has 3 N–H and O–H groups in total. The molecule has 0 aliphatic rings. The Morgan fingerprint density at radius 3 is 2.33 bits per heavy atom. The van der Waals surface area contributed by atoms with Crippen molar-refractivity contribution >= 4 is 17.7 Å². The van der Waals surface area contributed by atoms with Gasteiger partial charge in [0, 0.05) is 36.9 Å². The van der Waals surface area contributed by atoms with E-state index in [1.165, 1.54) is 0 Å². The van der Waals surface area contributed by atoms with Gasteiger partial charge in [0.1, 0.15) is 11.9 Å². The van der Waals surface area contributed by atoms with Crippen LogP contribution in [0.5, 0.6) is 5.75 Å². The van der Waals surface area contributed by atoms with Crippen LogP contribution in [-0.2, 0) is 27.2 Å². The molecule has 0 radical (unpaired) electrons. The van der Waals surface area contributed by atoms with Crippen molar-refractivity contribution in [1.82, 2.24) is 5.32 Å². The van der Waals surface area contributed by atoms with Gasteiger partial charge < -0.3 is 25.3 Å². The van der Waals surface area contributed by atoms with E-state index in [2.05, 4.69) is 17.4 Å². The van der Waals surface area contributed by atoms with Gasteiger partial charge in [0.2, 0.25) is 0 Å². The molecule has 0 bridgehead atoms. The van der Waals surface area contributed by atoms with Gasteiger partial charge in [-0.2, -0.15) is 0 Å². The van der Waals surface area contributed by atoms with Gasteiger partial charge in [-0.05, 0) is 48.2 Å². The average Bonchev–Trinajstić information content (AvgIpc) is 2.91. The van der Waals surface area contributed by atoms with Crippen LogP contribution in [0.15, 0.2) is 89.8 Å². The van der Waals surface area contributed by atoms with Crippen molar-refractivity contribution in [1.29, 1.82) is 0 Å². The highest BCUT2D eigenvalue weighted by Gasteiger charge is 2.27. The normalized spacial score (nSPS) is 13.5. The van der Waals surface area contributed by atoms with Crippen molar-refractivity contribution in [2.75, 3.05) is 26.5 Å². The number of carbonyl (C=O) groups excluding carboxylic acids is 1. The molecule has 0 amide bonds. The van der Waals surface area contributed by atoms with Crippen molar-refractivity contribution in [3.05, 3.63) is 96.1 Å². The third-order valence-corrected chi connectivity index (χ3v) is 6.85. The standard InChI is InChI=1S/C29H36N2O4S/c1-33-24-13-9-12-23(18-24)20-31-21-28(26(30)19-22-10-5-3-6-11-22)35-29(32)27(34-2)16-17-36-25-14-7-4-8-15-25/h3-15,18,26-28,31H,16-17,19-21,30H2,1-2H3/t26?,27-,28?/m0/s1. The number of rotatable bonds is 15. The number of nitrogens with one attached hydrogen (secondary N) is 1. The van der Waals surface area contributed by atoms with E-state index in [1.807, 2.05) is 72.8 Å². The molecular weight excluding hydrogens is 472 g/mol. The molecule has 0 aliphatic carbocycles. The van der Waals surface area contributed by atoms with E-state index in [0.29, 0.717) is 25.9 Å². The van der Waals surface area contributed by atoms with E-state index in [-0.39, 0.29) is 12.0 Å². The molecule has 3 atom stereocenters. The fourth-order valence-electron chi connectivity index (χ4n) is 3.80. The first-order valence-electron chi connectivity index (χ1n) is 12.1. The first-order chi connectivity index (χ1) is 17.6. The van der Waals surface area contributed by atoms with E-state index >= 15 is 0 Å². The highest BCUT2D eigenvalue weighted by Crippen LogP contribution is 2.20. The highest BCUT2D eigenvalue weighted by molar-refractivity contribution is 7.99. The fourth-order valence-corrected chi connectivity index (χ4v) is 4.71. The maximum absolute atomic E-state index is 13.0. The predicted molar refractivity (Wildman–Crippen MR) is 145 cm³/mol. The smallest absolute Gasteiger partial charge is 0.335 e. The first kappa shape index (κ1) is 27.7. The van der Waals surface area contributed by atoms with Crippen LogP contribution in [0.3, 0.4) is 0 Å². The van der Waals surface area contributed by atoms with Crippen LogP contribution in [0.25, 0.3) is 0 Å². The molecule has 3 rings (SSSR count). The number of carbonyl (C=O) groups is 1. The summed E-state index contributed by atoms with van der Waals surface area (Å²) >= 11 is 1.69. The second-order valence-electron chi connectivity index (χ2n) is 8.49. The number of hydrogen-bond donors (Lipinski definition) is 2. The zero-order valence-corrected chi connectivity index (χ0v) is 21.8. The van der Waals surface area contributed by atoms with Crippen LogP contribution < -0.4 is 15.8 Å². The first-order valence-corrected chi connectivity index (χ1v) is 13.1. The molecule has 0 fully saturated rings. The summed E-state index contributed by atoms with van der Waals surface area (Å²) in [5.74, 6) is 1.16. The second-order valence-corrected chi connectivity index (χ2v) is 9.65. The molecule has 0 spiro atoms. The van der Waals surface area contributed by atoms with Crippen LogP contribution in [0.2, 0.25) is 0 Å². The molecule has 3 aromatic rings. The van der Waals surface area contributed by atoms with Gasteiger partial charge >= 0.3 is 5.97 Å². The van der Waals surface area contributed by atoms with Crippen LogP contribution in [0, 0.1) is 0 Å². The average molecular weight is 509 g/mol. The number of nitrogens with two attached hydrogens (primary N) is 1. The van der Waals surface area contributed by atoms with Crippen LogP contribution >= 0.6 is 11.8 Å². The van der Waals surface area contributed by atoms with Crippen LogP contribution in [0.1, 0.15) is 17.5 Å². The van der Waals surface area contributed by atoms with Crippen LogP contribution in [0.4, 0.5) is 0 Å². The van der Waals surface area contributed by atoms with Crippen molar-refractivity contribution in [2.45, 2.75) is 42.5 Å². The van der Waals surface area contributed by atoms with Crippen molar-refractivity contribution in [3.63, 3.8) is 0 Å². The third-order valence-electron chi connectivity index (χ3n) is 5.81. The number of hydrogen-bond acceptors (Lipinski definition) is 7. The largest absolute Gasteiger partial charge is 0.497 e. The summed E-state index contributed by atoms with van der Waals surface area (Å²) in [6.45, 7) is 1.02. The van der Waals surface area contributed by atoms with Gasteiger partial charge in [0.15, 0.2) is 6.10 Å². The molecule has 3 aromatic carbocycles. The SMILES string of the molecule is COc1cccc(CNCC(OC(=O)[C@H](CCSc2ccccc2)OC)C(N)Cc2ccccc2)c1. The van der Waals surface area contributed by atoms with E-state index in [9.17, 15) is 4.79 Å². The molecule has 36 heavy (non-hydrogen) atoms. The van der Waals surface area contributed by atoms with E-state index in [4.69, 9.17) is 19.9 Å². The molecule has 0 heterocycles. The molecule has 192 valence electrons. The summed E-state index contributed by atoms with van der Waals surface area (Å²) in [6, 6.07) is 27.6. The topological polar surface area (TPSA) is 82.8 Å². The lowest BCUT2D eigenvalue weighted by atomic mass is 10.0. The van der Waals surface area contributed by atoms with E-state index in [1.54, 1.807) is 26.0 Å². The lowest BCUT2D eigenvalue weighted by Gasteiger charge is -2.26. The molecule has 0 aromatic heterocycles.